The lowest BCUT2D eigenvalue weighted by Gasteiger charge is -2.36. The molecular formula is C13H18FNO. The average molecular weight is 223 g/mol. The monoisotopic (exact) mass is 223 g/mol. The third kappa shape index (κ3) is 2.09. The van der Waals surface area contributed by atoms with Gasteiger partial charge in [0.15, 0.2) is 0 Å². The van der Waals surface area contributed by atoms with E-state index in [1.807, 2.05) is 0 Å². The molecule has 16 heavy (non-hydrogen) atoms. The maximum absolute atomic E-state index is 13.6. The van der Waals surface area contributed by atoms with E-state index in [1.165, 1.54) is 18.8 Å². The van der Waals surface area contributed by atoms with Crippen LogP contribution in [0.3, 0.4) is 0 Å². The summed E-state index contributed by atoms with van der Waals surface area (Å²) in [5.41, 5.74) is -0.678. The number of nitrogens with zero attached hydrogens (tertiary/aromatic N) is 1. The molecule has 0 bridgehead atoms. The van der Waals surface area contributed by atoms with Crippen molar-refractivity contribution in [3.05, 3.63) is 29.8 Å². The molecule has 0 spiro atoms. The summed E-state index contributed by atoms with van der Waals surface area (Å²) in [5.74, 6) is -0.240. The van der Waals surface area contributed by atoms with E-state index in [2.05, 4.69) is 4.98 Å². The summed E-state index contributed by atoms with van der Waals surface area (Å²) in [6.07, 6.45) is 8.16. The van der Waals surface area contributed by atoms with Crippen molar-refractivity contribution in [2.45, 2.75) is 44.6 Å². The number of aromatic nitrogens is 1. The van der Waals surface area contributed by atoms with Gasteiger partial charge in [-0.05, 0) is 31.7 Å². The Morgan fingerprint density at radius 3 is 2.69 bits per heavy atom. The summed E-state index contributed by atoms with van der Waals surface area (Å²) in [5, 5.41) is 10.5. The molecule has 0 aromatic carbocycles. The molecule has 1 aromatic rings. The summed E-state index contributed by atoms with van der Waals surface area (Å²) in [4.78, 5) is 3.72. The van der Waals surface area contributed by atoms with E-state index >= 15 is 0 Å². The van der Waals surface area contributed by atoms with Gasteiger partial charge in [0, 0.05) is 11.8 Å². The van der Waals surface area contributed by atoms with Gasteiger partial charge in [-0.3, -0.25) is 4.98 Å². The minimum atomic E-state index is -1.06. The first kappa shape index (κ1) is 11.5. The van der Waals surface area contributed by atoms with Crippen LogP contribution in [0.2, 0.25) is 0 Å². The van der Waals surface area contributed by atoms with E-state index in [-0.39, 0.29) is 5.92 Å². The van der Waals surface area contributed by atoms with Gasteiger partial charge < -0.3 is 5.11 Å². The Balaban J connectivity index is 2.26. The Kier molecular flexibility index (Phi) is 3.24. The van der Waals surface area contributed by atoms with Crippen LogP contribution in [-0.2, 0) is 5.60 Å². The van der Waals surface area contributed by atoms with Crippen molar-refractivity contribution in [3.63, 3.8) is 0 Å². The fraction of sp³-hybridized carbons (Fsp3) is 0.615. The van der Waals surface area contributed by atoms with E-state index < -0.39 is 11.4 Å². The maximum atomic E-state index is 13.6. The predicted molar refractivity (Wildman–Crippen MR) is 60.3 cm³/mol. The third-order valence-electron chi connectivity index (χ3n) is 3.72. The molecule has 88 valence electrons. The van der Waals surface area contributed by atoms with Gasteiger partial charge in [0.25, 0.3) is 0 Å². The van der Waals surface area contributed by atoms with Crippen molar-refractivity contribution in [2.75, 3.05) is 0 Å². The van der Waals surface area contributed by atoms with Crippen LogP contribution >= 0.6 is 0 Å². The van der Waals surface area contributed by atoms with Gasteiger partial charge in [0.05, 0.1) is 11.8 Å². The Labute approximate surface area is 95.5 Å². The van der Waals surface area contributed by atoms with Crippen molar-refractivity contribution < 1.29 is 9.50 Å². The average Bonchev–Trinajstić information content (AvgIpc) is 2.30. The van der Waals surface area contributed by atoms with Crippen molar-refractivity contribution in [1.82, 2.24) is 4.98 Å². The molecule has 0 radical (unpaired) electrons. The van der Waals surface area contributed by atoms with Crippen LogP contribution in [0, 0.1) is 11.7 Å². The van der Waals surface area contributed by atoms with Gasteiger partial charge in [-0.25, -0.2) is 4.39 Å². The number of hydrogen-bond donors (Lipinski definition) is 1. The van der Waals surface area contributed by atoms with Crippen LogP contribution in [0.1, 0.15) is 44.6 Å². The Bertz CT molecular complexity index is 359. The SMILES string of the molecule is CC(O)(c1ccncc1F)C1CCCCC1. The van der Waals surface area contributed by atoms with E-state index in [9.17, 15) is 9.50 Å². The highest BCUT2D eigenvalue weighted by atomic mass is 19.1. The summed E-state index contributed by atoms with van der Waals surface area (Å²) in [6.45, 7) is 1.72. The normalized spacial score (nSPS) is 21.7. The first-order valence-corrected chi connectivity index (χ1v) is 5.94. The van der Waals surface area contributed by atoms with Crippen molar-refractivity contribution >= 4 is 0 Å². The Morgan fingerprint density at radius 1 is 1.38 bits per heavy atom. The van der Waals surface area contributed by atoms with Gasteiger partial charge >= 0.3 is 0 Å². The van der Waals surface area contributed by atoms with E-state index in [0.717, 1.165) is 25.7 Å². The second-order valence-electron chi connectivity index (χ2n) is 4.84. The molecule has 1 saturated carbocycles. The maximum Gasteiger partial charge on any atom is 0.147 e. The number of aliphatic hydroxyl groups is 1. The first-order valence-electron chi connectivity index (χ1n) is 5.94. The molecule has 1 atom stereocenters. The van der Waals surface area contributed by atoms with Crippen LogP contribution in [0.5, 0.6) is 0 Å². The lowest BCUT2D eigenvalue weighted by molar-refractivity contribution is -0.0244. The molecule has 2 nitrogen and oxygen atoms in total. The summed E-state index contributed by atoms with van der Waals surface area (Å²) in [6, 6.07) is 1.59. The van der Waals surface area contributed by atoms with Gasteiger partial charge in [0.1, 0.15) is 5.82 Å². The second-order valence-corrected chi connectivity index (χ2v) is 4.84. The minimum Gasteiger partial charge on any atom is -0.385 e. The molecule has 0 amide bonds. The van der Waals surface area contributed by atoms with Crippen LogP contribution in [-0.4, -0.2) is 10.1 Å². The third-order valence-corrected chi connectivity index (χ3v) is 3.72. The topological polar surface area (TPSA) is 33.1 Å². The molecule has 0 aliphatic heterocycles. The molecule has 1 aliphatic rings. The van der Waals surface area contributed by atoms with E-state index in [4.69, 9.17) is 0 Å². The molecule has 0 saturated heterocycles. The minimum absolute atomic E-state index is 0.165. The van der Waals surface area contributed by atoms with Crippen LogP contribution in [0.15, 0.2) is 18.5 Å². The Morgan fingerprint density at radius 2 is 2.06 bits per heavy atom. The largest absolute Gasteiger partial charge is 0.385 e. The first-order chi connectivity index (χ1) is 7.62. The van der Waals surface area contributed by atoms with E-state index in [1.54, 1.807) is 13.0 Å². The smallest absolute Gasteiger partial charge is 0.147 e. The number of halogens is 1. The molecule has 1 fully saturated rings. The van der Waals surface area contributed by atoms with Crippen molar-refractivity contribution in [3.8, 4) is 0 Å². The molecule has 2 rings (SSSR count). The quantitative estimate of drug-likeness (QED) is 0.836. The Hall–Kier alpha value is -0.960. The highest BCUT2D eigenvalue weighted by Crippen LogP contribution is 2.39. The predicted octanol–water partition coefficient (Wildman–Crippen LogP) is 3.01. The zero-order valence-electron chi connectivity index (χ0n) is 9.62. The van der Waals surface area contributed by atoms with Gasteiger partial charge in [-0.1, -0.05) is 19.3 Å². The zero-order valence-corrected chi connectivity index (χ0v) is 9.62. The van der Waals surface area contributed by atoms with Crippen molar-refractivity contribution in [2.24, 2.45) is 5.92 Å². The van der Waals surface area contributed by atoms with Crippen molar-refractivity contribution in [1.29, 1.82) is 0 Å². The van der Waals surface area contributed by atoms with Gasteiger partial charge in [0.2, 0.25) is 0 Å². The summed E-state index contributed by atoms with van der Waals surface area (Å²) < 4.78 is 13.6. The van der Waals surface area contributed by atoms with Crippen LogP contribution in [0.25, 0.3) is 0 Å². The number of hydrogen-bond acceptors (Lipinski definition) is 2. The highest BCUT2D eigenvalue weighted by Gasteiger charge is 2.36. The van der Waals surface area contributed by atoms with E-state index in [0.29, 0.717) is 5.56 Å². The lowest BCUT2D eigenvalue weighted by atomic mass is 9.74. The number of pyridine rings is 1. The molecule has 1 N–H and O–H groups in total. The molecular weight excluding hydrogens is 205 g/mol. The van der Waals surface area contributed by atoms with Gasteiger partial charge in [-0.2, -0.15) is 0 Å². The van der Waals surface area contributed by atoms with Gasteiger partial charge in [-0.15, -0.1) is 0 Å². The fourth-order valence-corrected chi connectivity index (χ4v) is 2.67. The zero-order chi connectivity index (χ0) is 11.6. The van der Waals surface area contributed by atoms with Crippen LogP contribution < -0.4 is 0 Å². The number of rotatable bonds is 2. The molecule has 1 heterocycles. The summed E-state index contributed by atoms with van der Waals surface area (Å²) >= 11 is 0. The molecule has 1 aliphatic carbocycles. The second kappa shape index (κ2) is 4.50. The molecule has 1 aromatic heterocycles. The standard InChI is InChI=1S/C13H18FNO/c1-13(16,10-5-3-2-4-6-10)11-7-8-15-9-12(11)14/h7-10,16H,2-6H2,1H3. The fourth-order valence-electron chi connectivity index (χ4n) is 2.67. The van der Waals surface area contributed by atoms with Crippen LogP contribution in [0.4, 0.5) is 4.39 Å². The summed E-state index contributed by atoms with van der Waals surface area (Å²) in [7, 11) is 0. The highest BCUT2D eigenvalue weighted by molar-refractivity contribution is 5.21. The molecule has 1 unspecified atom stereocenters. The molecule has 3 heteroatoms. The lowest BCUT2D eigenvalue weighted by Crippen LogP contribution is -2.34.